The third-order valence-corrected chi connectivity index (χ3v) is 5.01. The average molecular weight is 384 g/mol. The number of halogens is 5. The van der Waals surface area contributed by atoms with Crippen LogP contribution in [-0.2, 0) is 28.6 Å². The lowest BCUT2D eigenvalue weighted by Crippen LogP contribution is -2.44. The van der Waals surface area contributed by atoms with Gasteiger partial charge in [0.25, 0.3) is 0 Å². The predicted molar refractivity (Wildman–Crippen MR) is 70.5 cm³/mol. The monoisotopic (exact) mass is 384 g/mol. The molecule has 26 heavy (non-hydrogen) atoms. The molecule has 6 atom stereocenters. The predicted octanol–water partition coefficient (Wildman–Crippen LogP) is 1.63. The first kappa shape index (κ1) is 18.6. The Morgan fingerprint density at radius 3 is 2.54 bits per heavy atom. The Kier molecular flexibility index (Phi) is 4.43. The number of rotatable bonds is 6. The second kappa shape index (κ2) is 6.20. The van der Waals surface area contributed by atoms with Crippen molar-refractivity contribution in [3.05, 3.63) is 12.4 Å². The fourth-order valence-corrected chi connectivity index (χ4v) is 3.98. The fraction of sp³-hybridized carbons (Fsp3) is 0.667. The maximum absolute atomic E-state index is 12.9. The van der Waals surface area contributed by atoms with Crippen molar-refractivity contribution in [2.75, 3.05) is 6.61 Å². The molecule has 3 aliphatic rings. The molecule has 0 aromatic carbocycles. The molecule has 1 saturated heterocycles. The number of hydrogen-bond acceptors (Lipinski definition) is 6. The van der Waals surface area contributed by atoms with Crippen molar-refractivity contribution in [3.63, 3.8) is 0 Å². The lowest BCUT2D eigenvalue weighted by atomic mass is 9.78. The second-order valence-electron chi connectivity index (χ2n) is 6.46. The minimum Gasteiger partial charge on any atom is -0.459 e. The summed E-state index contributed by atoms with van der Waals surface area (Å²) < 4.78 is 77.3. The van der Waals surface area contributed by atoms with Gasteiger partial charge in [-0.2, -0.15) is 13.2 Å². The van der Waals surface area contributed by atoms with Crippen LogP contribution < -0.4 is 0 Å². The van der Waals surface area contributed by atoms with Gasteiger partial charge in [-0.05, 0) is 6.42 Å². The zero-order valence-corrected chi connectivity index (χ0v) is 13.0. The Balaban J connectivity index is 1.75. The van der Waals surface area contributed by atoms with E-state index in [2.05, 4.69) is 11.3 Å². The van der Waals surface area contributed by atoms with Crippen molar-refractivity contribution >= 4 is 17.9 Å². The number of alkyl halides is 4. The number of carbonyl (C=O) groups excluding carboxylic acids is 3. The van der Waals surface area contributed by atoms with Gasteiger partial charge in [-0.3, -0.25) is 9.59 Å². The Morgan fingerprint density at radius 2 is 1.96 bits per heavy atom. The molecule has 0 amide bonds. The maximum atomic E-state index is 12.9. The van der Waals surface area contributed by atoms with E-state index in [0.29, 0.717) is 0 Å². The summed E-state index contributed by atoms with van der Waals surface area (Å²) in [5.74, 6) is -13.1. The molecular weight excluding hydrogens is 371 g/mol. The van der Waals surface area contributed by atoms with Crippen LogP contribution in [0.1, 0.15) is 6.42 Å². The molecule has 3 fully saturated rings. The molecule has 3 rings (SSSR count). The molecule has 6 nitrogen and oxygen atoms in total. The van der Waals surface area contributed by atoms with Crippen LogP contribution in [0.4, 0.5) is 22.0 Å². The summed E-state index contributed by atoms with van der Waals surface area (Å²) in [5.41, 5.74) is 0. The SMILES string of the molecule is C=C(F)C(=O)OC1C2CC3C1OC(=O)C3C2C(=O)OCC(F)(F)C(F)F. The number of fused-ring (bicyclic) bond motifs is 1. The smallest absolute Gasteiger partial charge is 0.366 e. The average Bonchev–Trinajstić information content (AvgIpc) is 3.15. The second-order valence-corrected chi connectivity index (χ2v) is 6.46. The quantitative estimate of drug-likeness (QED) is 0.300. The molecule has 6 unspecified atom stereocenters. The number of carbonyl (C=O) groups is 3. The third-order valence-electron chi connectivity index (χ3n) is 5.01. The molecule has 0 spiro atoms. The first-order valence-corrected chi connectivity index (χ1v) is 7.63. The van der Waals surface area contributed by atoms with Gasteiger partial charge in [0.05, 0.1) is 11.8 Å². The van der Waals surface area contributed by atoms with E-state index in [-0.39, 0.29) is 6.42 Å². The van der Waals surface area contributed by atoms with Crippen LogP contribution in [0.25, 0.3) is 0 Å². The van der Waals surface area contributed by atoms with Gasteiger partial charge in [-0.15, -0.1) is 0 Å². The number of hydrogen-bond donors (Lipinski definition) is 0. The van der Waals surface area contributed by atoms with Crippen molar-refractivity contribution in [3.8, 4) is 0 Å². The highest BCUT2D eigenvalue weighted by molar-refractivity contribution is 5.87. The topological polar surface area (TPSA) is 78.9 Å². The summed E-state index contributed by atoms with van der Waals surface area (Å²) in [7, 11) is 0. The van der Waals surface area contributed by atoms with Crippen LogP contribution in [0.2, 0.25) is 0 Å². The largest absolute Gasteiger partial charge is 0.459 e. The molecule has 0 aromatic rings. The summed E-state index contributed by atoms with van der Waals surface area (Å²) in [6, 6.07) is 0. The van der Waals surface area contributed by atoms with Crippen LogP contribution in [0.5, 0.6) is 0 Å². The molecule has 11 heteroatoms. The van der Waals surface area contributed by atoms with E-state index in [0.717, 1.165) is 0 Å². The lowest BCUT2D eigenvalue weighted by molar-refractivity contribution is -0.187. The van der Waals surface area contributed by atoms with E-state index in [1.807, 2.05) is 0 Å². The zero-order valence-electron chi connectivity index (χ0n) is 13.0. The van der Waals surface area contributed by atoms with Gasteiger partial charge >= 0.3 is 30.3 Å². The Morgan fingerprint density at radius 1 is 1.31 bits per heavy atom. The van der Waals surface area contributed by atoms with E-state index < -0.39 is 78.6 Å². The van der Waals surface area contributed by atoms with Gasteiger partial charge in [-0.1, -0.05) is 6.58 Å². The molecule has 2 saturated carbocycles. The standard InChI is InChI=1S/C15H13F5O6/c1-4(16)11(21)25-9-5-2-6-8(13(23)26-10(6)9)7(5)12(22)24-3-15(19,20)14(17)18/h5-10,14H,1-3H2. The van der Waals surface area contributed by atoms with Crippen molar-refractivity contribution in [1.29, 1.82) is 0 Å². The molecule has 2 aliphatic carbocycles. The van der Waals surface area contributed by atoms with Gasteiger partial charge in [0.2, 0.25) is 5.83 Å². The van der Waals surface area contributed by atoms with E-state index in [1.54, 1.807) is 0 Å². The molecular formula is C15H13F5O6. The van der Waals surface area contributed by atoms with Gasteiger partial charge in [0.15, 0.2) is 6.61 Å². The summed E-state index contributed by atoms with van der Waals surface area (Å²) in [5, 5.41) is 0. The minimum atomic E-state index is -4.54. The number of ether oxygens (including phenoxy) is 3. The summed E-state index contributed by atoms with van der Waals surface area (Å²) >= 11 is 0. The van der Waals surface area contributed by atoms with Crippen LogP contribution in [0, 0.1) is 23.7 Å². The fourth-order valence-electron chi connectivity index (χ4n) is 3.98. The first-order valence-electron chi connectivity index (χ1n) is 7.63. The van der Waals surface area contributed by atoms with Gasteiger partial charge in [-0.25, -0.2) is 13.6 Å². The summed E-state index contributed by atoms with van der Waals surface area (Å²) in [6.07, 6.45) is -5.90. The van der Waals surface area contributed by atoms with Crippen molar-refractivity contribution in [2.24, 2.45) is 23.7 Å². The molecule has 144 valence electrons. The van der Waals surface area contributed by atoms with Crippen LogP contribution in [-0.4, -0.2) is 49.1 Å². The van der Waals surface area contributed by atoms with Crippen molar-refractivity contribution < 1.29 is 50.5 Å². The summed E-state index contributed by atoms with van der Waals surface area (Å²) in [4.78, 5) is 35.5. The first-order chi connectivity index (χ1) is 12.0. The molecule has 0 aromatic heterocycles. The normalized spacial score (nSPS) is 34.8. The highest BCUT2D eigenvalue weighted by Gasteiger charge is 2.70. The third kappa shape index (κ3) is 2.82. The highest BCUT2D eigenvalue weighted by Crippen LogP contribution is 2.59. The van der Waals surface area contributed by atoms with Gasteiger partial charge in [0.1, 0.15) is 12.2 Å². The van der Waals surface area contributed by atoms with Crippen LogP contribution in [0.15, 0.2) is 12.4 Å². The van der Waals surface area contributed by atoms with Crippen LogP contribution >= 0.6 is 0 Å². The van der Waals surface area contributed by atoms with Crippen molar-refractivity contribution in [2.45, 2.75) is 31.0 Å². The van der Waals surface area contributed by atoms with Gasteiger partial charge < -0.3 is 14.2 Å². The van der Waals surface area contributed by atoms with Crippen LogP contribution in [0.3, 0.4) is 0 Å². The zero-order chi connectivity index (χ0) is 19.4. The Hall–Kier alpha value is -2.20. The Labute approximate surface area is 143 Å². The molecule has 0 radical (unpaired) electrons. The van der Waals surface area contributed by atoms with E-state index in [4.69, 9.17) is 9.47 Å². The van der Waals surface area contributed by atoms with Gasteiger partial charge in [0, 0.05) is 11.8 Å². The molecule has 2 bridgehead atoms. The van der Waals surface area contributed by atoms with E-state index in [9.17, 15) is 36.3 Å². The highest BCUT2D eigenvalue weighted by atomic mass is 19.3. The maximum Gasteiger partial charge on any atom is 0.366 e. The van der Waals surface area contributed by atoms with Crippen molar-refractivity contribution in [1.82, 2.24) is 0 Å². The summed E-state index contributed by atoms with van der Waals surface area (Å²) in [6.45, 7) is 0.915. The molecule has 0 N–H and O–H groups in total. The van der Waals surface area contributed by atoms with E-state index in [1.165, 1.54) is 0 Å². The minimum absolute atomic E-state index is 0.183. The lowest BCUT2D eigenvalue weighted by Gasteiger charge is -2.30. The number of esters is 3. The molecule has 1 heterocycles. The Bertz CT molecular complexity index is 665. The molecule has 1 aliphatic heterocycles. The van der Waals surface area contributed by atoms with E-state index >= 15 is 0 Å².